The molecule has 3 aromatic rings. The van der Waals surface area contributed by atoms with Crippen LogP contribution in [0.3, 0.4) is 0 Å². The Bertz CT molecular complexity index is 1670. The minimum absolute atomic E-state index is 0.00214. The number of esters is 1. The SMILES string of the molecule is COC(=O)c1cc(-c2cc3c4c(cnc3cc2F)N(C)C(=O)C42CCC2)cc(NS(C)(=O)=O)c1OCCCN(C)C. The standard InChI is InChI=1S/C29H33FN4O6S/c1-33(2)10-7-11-40-26-20(27(35)39-4)12-17(13-23(26)32-41(5,37)38)18-14-19-22(15-21(18)30)31-16-24-25(19)29(8-6-9-29)28(36)34(24)3/h12-16,32H,6-11H2,1-5H3. The second kappa shape index (κ2) is 10.6. The van der Waals surface area contributed by atoms with E-state index in [4.69, 9.17) is 9.47 Å². The van der Waals surface area contributed by atoms with Gasteiger partial charge in [0.1, 0.15) is 11.4 Å². The molecule has 10 nitrogen and oxygen atoms in total. The van der Waals surface area contributed by atoms with Crippen molar-refractivity contribution in [3.8, 4) is 16.9 Å². The van der Waals surface area contributed by atoms with Crippen molar-refractivity contribution in [2.45, 2.75) is 31.1 Å². The number of carbonyl (C=O) groups is 2. The Balaban J connectivity index is 1.70. The van der Waals surface area contributed by atoms with Crippen molar-refractivity contribution in [1.29, 1.82) is 0 Å². The normalized spacial score (nSPS) is 15.8. The molecule has 0 unspecified atom stereocenters. The molecular weight excluding hydrogens is 551 g/mol. The number of amides is 1. The van der Waals surface area contributed by atoms with Crippen LogP contribution in [0.4, 0.5) is 15.8 Å². The molecule has 2 heterocycles. The van der Waals surface area contributed by atoms with E-state index < -0.39 is 27.2 Å². The fourth-order valence-corrected chi connectivity index (χ4v) is 6.30. The number of nitrogens with one attached hydrogen (secondary N) is 1. The molecule has 1 saturated carbocycles. The molecule has 5 rings (SSSR count). The summed E-state index contributed by atoms with van der Waals surface area (Å²) in [5.74, 6) is -1.39. The van der Waals surface area contributed by atoms with Gasteiger partial charge in [0.05, 0.1) is 48.5 Å². The van der Waals surface area contributed by atoms with Crippen molar-refractivity contribution < 1.29 is 31.9 Å². The van der Waals surface area contributed by atoms with Gasteiger partial charge in [-0.25, -0.2) is 17.6 Å². The van der Waals surface area contributed by atoms with Crippen molar-refractivity contribution in [2.75, 3.05) is 57.3 Å². The number of likely N-dealkylation sites (N-methyl/N-ethyl adjacent to an activating group) is 1. The molecule has 1 spiro atoms. The number of rotatable bonds is 9. The highest BCUT2D eigenvalue weighted by molar-refractivity contribution is 7.92. The van der Waals surface area contributed by atoms with Gasteiger partial charge in [-0.2, -0.15) is 0 Å². The summed E-state index contributed by atoms with van der Waals surface area (Å²) in [4.78, 5) is 34.1. The molecule has 1 aliphatic carbocycles. The highest BCUT2D eigenvalue weighted by atomic mass is 32.2. The summed E-state index contributed by atoms with van der Waals surface area (Å²) < 4.78 is 53.6. The Hall–Kier alpha value is -3.77. The minimum Gasteiger partial charge on any atom is -0.490 e. The van der Waals surface area contributed by atoms with Crippen molar-refractivity contribution in [1.82, 2.24) is 9.88 Å². The summed E-state index contributed by atoms with van der Waals surface area (Å²) in [5, 5.41) is 0.637. The first-order valence-electron chi connectivity index (χ1n) is 13.3. The van der Waals surface area contributed by atoms with Crippen LogP contribution in [0.2, 0.25) is 0 Å². The van der Waals surface area contributed by atoms with E-state index in [1.54, 1.807) is 24.2 Å². The van der Waals surface area contributed by atoms with E-state index >= 15 is 4.39 Å². The van der Waals surface area contributed by atoms with E-state index in [1.165, 1.54) is 25.3 Å². The third kappa shape index (κ3) is 5.10. The van der Waals surface area contributed by atoms with Crippen molar-refractivity contribution in [3.63, 3.8) is 0 Å². The second-order valence-electron chi connectivity index (χ2n) is 10.9. The van der Waals surface area contributed by atoms with Gasteiger partial charge < -0.3 is 19.3 Å². The van der Waals surface area contributed by atoms with E-state index in [1.807, 2.05) is 19.0 Å². The third-order valence-corrected chi connectivity index (χ3v) is 8.39. The van der Waals surface area contributed by atoms with Crippen LogP contribution in [0.15, 0.2) is 30.5 Å². The van der Waals surface area contributed by atoms with Crippen LogP contribution in [0.5, 0.6) is 5.75 Å². The Labute approximate surface area is 238 Å². The number of sulfonamides is 1. The monoisotopic (exact) mass is 584 g/mol. The smallest absolute Gasteiger partial charge is 0.341 e. The van der Waals surface area contributed by atoms with Gasteiger partial charge in [0, 0.05) is 36.2 Å². The van der Waals surface area contributed by atoms with Gasteiger partial charge in [-0.15, -0.1) is 0 Å². The number of pyridine rings is 1. The van der Waals surface area contributed by atoms with Crippen LogP contribution in [-0.4, -0.2) is 77.8 Å². The number of ether oxygens (including phenoxy) is 2. The number of nitrogens with zero attached hydrogens (tertiary/aromatic N) is 3. The first-order valence-corrected chi connectivity index (χ1v) is 15.2. The molecule has 2 aliphatic rings. The van der Waals surface area contributed by atoms with E-state index in [9.17, 15) is 18.0 Å². The summed E-state index contributed by atoms with van der Waals surface area (Å²) in [6, 6.07) is 5.79. The van der Waals surface area contributed by atoms with Crippen LogP contribution >= 0.6 is 0 Å². The predicted molar refractivity (Wildman–Crippen MR) is 155 cm³/mol. The first-order chi connectivity index (χ1) is 19.4. The molecule has 1 aliphatic heterocycles. The maximum Gasteiger partial charge on any atom is 0.341 e. The first kappa shape index (κ1) is 28.7. The Morgan fingerprint density at radius 3 is 2.56 bits per heavy atom. The number of methoxy groups -OCH3 is 1. The summed E-state index contributed by atoms with van der Waals surface area (Å²) in [6.45, 7) is 0.909. The number of carbonyl (C=O) groups excluding carboxylic acids is 2. The number of hydrogen-bond donors (Lipinski definition) is 1. The van der Waals surface area contributed by atoms with Gasteiger partial charge in [0.25, 0.3) is 0 Å². The van der Waals surface area contributed by atoms with Gasteiger partial charge in [-0.05, 0) is 57.1 Å². The molecule has 41 heavy (non-hydrogen) atoms. The van der Waals surface area contributed by atoms with Crippen LogP contribution in [0.1, 0.15) is 41.6 Å². The number of hydrogen-bond acceptors (Lipinski definition) is 8. The molecule has 0 atom stereocenters. The van der Waals surface area contributed by atoms with Crippen LogP contribution in [0.25, 0.3) is 22.0 Å². The molecule has 0 radical (unpaired) electrons. The maximum atomic E-state index is 15.7. The van der Waals surface area contributed by atoms with Crippen molar-refractivity contribution in [3.05, 3.63) is 47.4 Å². The average molecular weight is 585 g/mol. The number of anilines is 2. The van der Waals surface area contributed by atoms with Crippen LogP contribution < -0.4 is 14.4 Å². The molecule has 12 heteroatoms. The summed E-state index contributed by atoms with van der Waals surface area (Å²) in [5.41, 5.74) is 1.54. The molecule has 1 N–H and O–H groups in total. The second-order valence-corrected chi connectivity index (χ2v) is 12.7. The zero-order chi connectivity index (χ0) is 29.7. The van der Waals surface area contributed by atoms with E-state index in [0.29, 0.717) is 42.4 Å². The molecule has 0 saturated heterocycles. The summed E-state index contributed by atoms with van der Waals surface area (Å²) >= 11 is 0. The Kier molecular flexibility index (Phi) is 7.41. The van der Waals surface area contributed by atoms with Gasteiger partial charge in [-0.1, -0.05) is 6.42 Å². The number of benzene rings is 2. The molecule has 1 fully saturated rings. The lowest BCUT2D eigenvalue weighted by Crippen LogP contribution is -2.43. The number of fused-ring (bicyclic) bond motifs is 4. The predicted octanol–water partition coefficient (Wildman–Crippen LogP) is 3.93. The quantitative estimate of drug-likeness (QED) is 0.297. The fourth-order valence-electron chi connectivity index (χ4n) is 5.75. The van der Waals surface area contributed by atoms with E-state index in [0.717, 1.165) is 18.2 Å². The minimum atomic E-state index is -3.81. The Morgan fingerprint density at radius 2 is 1.95 bits per heavy atom. The van der Waals surface area contributed by atoms with Gasteiger partial charge in [0.2, 0.25) is 15.9 Å². The summed E-state index contributed by atoms with van der Waals surface area (Å²) in [6.07, 6.45) is 5.50. The maximum absolute atomic E-state index is 15.7. The van der Waals surface area contributed by atoms with Crippen LogP contribution in [0, 0.1) is 5.82 Å². The van der Waals surface area contributed by atoms with E-state index in [2.05, 4.69) is 9.71 Å². The lowest BCUT2D eigenvalue weighted by Gasteiger charge is -2.37. The van der Waals surface area contributed by atoms with Crippen molar-refractivity contribution in [2.24, 2.45) is 0 Å². The highest BCUT2D eigenvalue weighted by Crippen LogP contribution is 2.55. The van der Waals surface area contributed by atoms with Crippen molar-refractivity contribution >= 4 is 44.2 Å². The van der Waals surface area contributed by atoms with Gasteiger partial charge in [-0.3, -0.25) is 14.5 Å². The molecular formula is C29H33FN4O6S. The summed E-state index contributed by atoms with van der Waals surface area (Å²) in [7, 11) is 2.94. The zero-order valence-corrected chi connectivity index (χ0v) is 24.5. The fraction of sp³-hybridized carbons (Fsp3) is 0.414. The van der Waals surface area contributed by atoms with Gasteiger partial charge in [0.15, 0.2) is 5.75 Å². The van der Waals surface area contributed by atoms with Crippen LogP contribution in [-0.2, 0) is 25.0 Å². The zero-order valence-electron chi connectivity index (χ0n) is 23.7. The number of halogens is 1. The van der Waals surface area contributed by atoms with Gasteiger partial charge >= 0.3 is 5.97 Å². The lowest BCUT2D eigenvalue weighted by molar-refractivity contribution is -0.125. The average Bonchev–Trinajstić information content (AvgIpc) is 3.12. The largest absolute Gasteiger partial charge is 0.490 e. The molecule has 1 amide bonds. The molecule has 2 aromatic carbocycles. The topological polar surface area (TPSA) is 118 Å². The Morgan fingerprint density at radius 1 is 1.22 bits per heavy atom. The molecule has 0 bridgehead atoms. The highest BCUT2D eigenvalue weighted by Gasteiger charge is 2.54. The van der Waals surface area contributed by atoms with E-state index in [-0.39, 0.29) is 40.6 Å². The lowest BCUT2D eigenvalue weighted by atomic mass is 9.64. The third-order valence-electron chi connectivity index (χ3n) is 7.79. The molecule has 218 valence electrons. The number of aromatic nitrogens is 1. The molecule has 1 aromatic heterocycles.